The highest BCUT2D eigenvalue weighted by Gasteiger charge is 2.44. The highest BCUT2D eigenvalue weighted by molar-refractivity contribution is 6.08. The lowest BCUT2D eigenvalue weighted by Gasteiger charge is -2.35. The van der Waals surface area contributed by atoms with E-state index in [1.165, 1.54) is 12.8 Å². The number of carbonyl (C=O) groups is 2. The Morgan fingerprint density at radius 3 is 2.61 bits per heavy atom. The first-order valence-corrected chi connectivity index (χ1v) is 11.5. The SMILES string of the molecule is CC1=NC2=C(C(=O)CCC2)[C@H](c2ccc3c(c2)OCO3)C1C(=O)OC1CCCCCC1. The van der Waals surface area contributed by atoms with Crippen molar-refractivity contribution in [3.05, 3.63) is 35.0 Å². The minimum absolute atomic E-state index is 0.0439. The molecule has 0 radical (unpaired) electrons. The lowest BCUT2D eigenvalue weighted by Crippen LogP contribution is -2.38. The van der Waals surface area contributed by atoms with Gasteiger partial charge in [0, 0.05) is 29.3 Å². The molecule has 164 valence electrons. The van der Waals surface area contributed by atoms with Crippen molar-refractivity contribution in [2.75, 3.05) is 6.79 Å². The monoisotopic (exact) mass is 423 g/mol. The van der Waals surface area contributed by atoms with Crippen LogP contribution in [0.1, 0.15) is 76.2 Å². The maximum absolute atomic E-state index is 13.5. The van der Waals surface area contributed by atoms with Crippen molar-refractivity contribution >= 4 is 17.5 Å². The minimum atomic E-state index is -0.593. The Hall–Kier alpha value is -2.63. The molecule has 0 spiro atoms. The molecule has 0 amide bonds. The number of benzene rings is 1. The van der Waals surface area contributed by atoms with Crippen LogP contribution in [0.5, 0.6) is 11.5 Å². The molecule has 1 saturated carbocycles. The van der Waals surface area contributed by atoms with E-state index in [1.807, 2.05) is 25.1 Å². The molecule has 1 fully saturated rings. The second-order valence-electron chi connectivity index (χ2n) is 9.01. The fraction of sp³-hybridized carbons (Fsp3) is 0.560. The smallest absolute Gasteiger partial charge is 0.315 e. The first kappa shape index (κ1) is 20.3. The van der Waals surface area contributed by atoms with Crippen molar-refractivity contribution in [3.63, 3.8) is 0 Å². The predicted molar refractivity (Wildman–Crippen MR) is 115 cm³/mol. The third kappa shape index (κ3) is 3.88. The number of hydrogen-bond acceptors (Lipinski definition) is 6. The summed E-state index contributed by atoms with van der Waals surface area (Å²) in [7, 11) is 0. The van der Waals surface area contributed by atoms with Crippen LogP contribution in [0.15, 0.2) is 34.5 Å². The standard InChI is InChI=1S/C25H29NO5/c1-15-22(25(28)31-17-7-4-2-3-5-8-17)23(24-18(26-15)9-6-10-19(24)27)16-11-12-20-21(13-16)30-14-29-20/h11-13,17,22-23H,2-10,14H2,1H3/t22?,23-/m1/s1. The molecular weight excluding hydrogens is 394 g/mol. The molecule has 6 heteroatoms. The molecule has 0 aromatic heterocycles. The van der Waals surface area contributed by atoms with Gasteiger partial charge in [0.05, 0.1) is 0 Å². The van der Waals surface area contributed by atoms with Crippen molar-refractivity contribution in [2.24, 2.45) is 10.9 Å². The Morgan fingerprint density at radius 1 is 1.03 bits per heavy atom. The number of rotatable bonds is 3. The molecule has 1 aromatic carbocycles. The van der Waals surface area contributed by atoms with Crippen LogP contribution >= 0.6 is 0 Å². The largest absolute Gasteiger partial charge is 0.462 e. The molecule has 2 aliphatic heterocycles. The van der Waals surface area contributed by atoms with Gasteiger partial charge in [-0.15, -0.1) is 0 Å². The van der Waals surface area contributed by atoms with Gasteiger partial charge in [0.25, 0.3) is 0 Å². The Morgan fingerprint density at radius 2 is 1.81 bits per heavy atom. The number of esters is 1. The summed E-state index contributed by atoms with van der Waals surface area (Å²) in [5.41, 5.74) is 3.12. The van der Waals surface area contributed by atoms with E-state index in [0.717, 1.165) is 55.5 Å². The van der Waals surface area contributed by atoms with E-state index in [1.54, 1.807) is 0 Å². The van der Waals surface area contributed by atoms with Gasteiger partial charge in [-0.1, -0.05) is 18.9 Å². The van der Waals surface area contributed by atoms with Gasteiger partial charge in [0.1, 0.15) is 12.0 Å². The zero-order valence-corrected chi connectivity index (χ0v) is 18.0. The van der Waals surface area contributed by atoms with Crippen molar-refractivity contribution in [1.82, 2.24) is 0 Å². The zero-order valence-electron chi connectivity index (χ0n) is 18.0. The summed E-state index contributed by atoms with van der Waals surface area (Å²) < 4.78 is 17.1. The molecule has 2 atom stereocenters. The minimum Gasteiger partial charge on any atom is -0.462 e. The average molecular weight is 424 g/mol. The Labute approximate surface area is 182 Å². The second-order valence-corrected chi connectivity index (χ2v) is 9.01. The summed E-state index contributed by atoms with van der Waals surface area (Å²) in [6.07, 6.45) is 8.43. The number of hydrogen-bond donors (Lipinski definition) is 0. The number of allylic oxidation sites excluding steroid dienone is 2. The van der Waals surface area contributed by atoms with Crippen LogP contribution in [0, 0.1) is 5.92 Å². The van der Waals surface area contributed by atoms with Crippen LogP contribution < -0.4 is 9.47 Å². The lowest BCUT2D eigenvalue weighted by molar-refractivity contribution is -0.152. The fourth-order valence-electron chi connectivity index (χ4n) is 5.38. The van der Waals surface area contributed by atoms with E-state index in [0.29, 0.717) is 23.5 Å². The van der Waals surface area contributed by atoms with E-state index in [4.69, 9.17) is 19.2 Å². The second kappa shape index (κ2) is 8.48. The van der Waals surface area contributed by atoms with Crippen molar-refractivity contribution in [1.29, 1.82) is 0 Å². The molecule has 2 aliphatic carbocycles. The molecule has 4 aliphatic rings. The summed E-state index contributed by atoms with van der Waals surface area (Å²) in [5, 5.41) is 0. The fourth-order valence-corrected chi connectivity index (χ4v) is 5.38. The number of Topliss-reactive ketones (excluding diaryl/α,β-unsaturated/α-hetero) is 1. The Kier molecular flexibility index (Phi) is 5.55. The lowest BCUT2D eigenvalue weighted by atomic mass is 9.71. The van der Waals surface area contributed by atoms with Crippen LogP contribution in [-0.4, -0.2) is 30.4 Å². The summed E-state index contributed by atoms with van der Waals surface area (Å²) in [6, 6.07) is 5.71. The molecule has 31 heavy (non-hydrogen) atoms. The topological polar surface area (TPSA) is 74.2 Å². The van der Waals surface area contributed by atoms with Gasteiger partial charge in [-0.3, -0.25) is 14.6 Å². The maximum atomic E-state index is 13.5. The first-order chi connectivity index (χ1) is 15.1. The summed E-state index contributed by atoms with van der Waals surface area (Å²) >= 11 is 0. The molecule has 1 unspecified atom stereocenters. The predicted octanol–water partition coefficient (Wildman–Crippen LogP) is 4.86. The van der Waals surface area contributed by atoms with Gasteiger partial charge in [-0.05, 0) is 63.1 Å². The van der Waals surface area contributed by atoms with Crippen LogP contribution in [-0.2, 0) is 14.3 Å². The first-order valence-electron chi connectivity index (χ1n) is 11.5. The number of fused-ring (bicyclic) bond motifs is 1. The normalized spacial score (nSPS) is 26.2. The molecular formula is C25H29NO5. The summed E-state index contributed by atoms with van der Waals surface area (Å²) in [4.78, 5) is 31.3. The van der Waals surface area contributed by atoms with Crippen molar-refractivity contribution < 1.29 is 23.8 Å². The Bertz CT molecular complexity index is 955. The van der Waals surface area contributed by atoms with Gasteiger partial charge >= 0.3 is 5.97 Å². The van der Waals surface area contributed by atoms with Crippen LogP contribution in [0.4, 0.5) is 0 Å². The van der Waals surface area contributed by atoms with Gasteiger partial charge in [-0.2, -0.15) is 0 Å². The third-order valence-electron chi connectivity index (χ3n) is 6.93. The number of carbonyl (C=O) groups excluding carboxylic acids is 2. The number of aliphatic imine (C=N–C) groups is 1. The van der Waals surface area contributed by atoms with Crippen molar-refractivity contribution in [2.45, 2.75) is 76.7 Å². The molecule has 2 heterocycles. The molecule has 0 N–H and O–H groups in total. The van der Waals surface area contributed by atoms with Gasteiger partial charge in [-0.25, -0.2) is 0 Å². The third-order valence-corrected chi connectivity index (χ3v) is 6.93. The van der Waals surface area contributed by atoms with Gasteiger partial charge in [0.15, 0.2) is 17.3 Å². The van der Waals surface area contributed by atoms with Gasteiger partial charge < -0.3 is 14.2 Å². The van der Waals surface area contributed by atoms with Crippen LogP contribution in [0.2, 0.25) is 0 Å². The molecule has 6 nitrogen and oxygen atoms in total. The molecule has 0 saturated heterocycles. The number of ether oxygens (including phenoxy) is 3. The highest BCUT2D eigenvalue weighted by atomic mass is 16.7. The van der Waals surface area contributed by atoms with E-state index < -0.39 is 11.8 Å². The van der Waals surface area contributed by atoms with E-state index in [9.17, 15) is 9.59 Å². The van der Waals surface area contributed by atoms with E-state index in [2.05, 4.69) is 0 Å². The quantitative estimate of drug-likeness (QED) is 0.513. The summed E-state index contributed by atoms with van der Waals surface area (Å²) in [5.74, 6) is 0.177. The average Bonchev–Trinajstić information content (AvgIpc) is 3.08. The van der Waals surface area contributed by atoms with E-state index >= 15 is 0 Å². The zero-order chi connectivity index (χ0) is 21.4. The van der Waals surface area contributed by atoms with Crippen LogP contribution in [0.3, 0.4) is 0 Å². The summed E-state index contributed by atoms with van der Waals surface area (Å²) in [6.45, 7) is 2.08. The highest BCUT2D eigenvalue weighted by Crippen LogP contribution is 2.46. The van der Waals surface area contributed by atoms with Gasteiger partial charge in [0.2, 0.25) is 6.79 Å². The maximum Gasteiger partial charge on any atom is 0.315 e. The van der Waals surface area contributed by atoms with E-state index in [-0.39, 0.29) is 24.6 Å². The molecule has 0 bridgehead atoms. The Balaban J connectivity index is 1.52. The number of nitrogens with zero attached hydrogens (tertiary/aromatic N) is 1. The van der Waals surface area contributed by atoms with Crippen LogP contribution in [0.25, 0.3) is 0 Å². The molecule has 1 aromatic rings. The molecule has 5 rings (SSSR count). The number of ketones is 1. The van der Waals surface area contributed by atoms with Crippen molar-refractivity contribution in [3.8, 4) is 11.5 Å².